The quantitative estimate of drug-likeness (QED) is 0.845. The summed E-state index contributed by atoms with van der Waals surface area (Å²) >= 11 is 0. The number of Topliss-reactive ketones (excluding diaryl/α,β-unsaturated/α-hetero) is 1. The van der Waals surface area contributed by atoms with Gasteiger partial charge in [-0.15, -0.1) is 0 Å². The first-order valence-corrected chi connectivity index (χ1v) is 7.14. The second-order valence-electron chi connectivity index (χ2n) is 5.25. The van der Waals surface area contributed by atoms with E-state index in [1.807, 2.05) is 30.3 Å². The summed E-state index contributed by atoms with van der Waals surface area (Å²) < 4.78 is 12.8. The van der Waals surface area contributed by atoms with Gasteiger partial charge in [0.25, 0.3) is 0 Å². The average Bonchev–Trinajstić information content (AvgIpc) is 2.49. The van der Waals surface area contributed by atoms with Crippen molar-refractivity contribution >= 4 is 5.78 Å². The third-order valence-electron chi connectivity index (χ3n) is 3.53. The average molecular weight is 285 g/mol. The topological polar surface area (TPSA) is 29.1 Å². The highest BCUT2D eigenvalue weighted by Gasteiger charge is 2.14. The van der Waals surface area contributed by atoms with E-state index in [1.54, 1.807) is 19.1 Å². The molecule has 0 aromatic heterocycles. The summed E-state index contributed by atoms with van der Waals surface area (Å²) in [6.07, 6.45) is 0.743. The van der Waals surface area contributed by atoms with Crippen molar-refractivity contribution in [1.82, 2.24) is 5.32 Å². The zero-order valence-corrected chi connectivity index (χ0v) is 12.2. The van der Waals surface area contributed by atoms with Crippen LogP contribution in [-0.4, -0.2) is 12.3 Å². The third-order valence-corrected chi connectivity index (χ3v) is 3.53. The molecule has 2 nitrogen and oxygen atoms in total. The lowest BCUT2D eigenvalue weighted by molar-refractivity contribution is -0.120. The molecule has 2 rings (SSSR count). The maximum absolute atomic E-state index is 12.8. The van der Waals surface area contributed by atoms with Gasteiger partial charge in [-0.2, -0.15) is 0 Å². The highest BCUT2D eigenvalue weighted by Crippen LogP contribution is 2.10. The van der Waals surface area contributed by atoms with Crippen molar-refractivity contribution in [1.29, 1.82) is 0 Å². The number of hydrogen-bond donors (Lipinski definition) is 1. The zero-order chi connectivity index (χ0) is 15.1. The predicted octanol–water partition coefficient (Wildman–Crippen LogP) is 3.36. The second-order valence-corrected chi connectivity index (χ2v) is 5.25. The lowest BCUT2D eigenvalue weighted by Gasteiger charge is -2.15. The van der Waals surface area contributed by atoms with Crippen LogP contribution >= 0.6 is 0 Å². The van der Waals surface area contributed by atoms with E-state index >= 15 is 0 Å². The monoisotopic (exact) mass is 285 g/mol. The largest absolute Gasteiger partial charge is 0.312 e. The van der Waals surface area contributed by atoms with Gasteiger partial charge in [-0.25, -0.2) is 4.39 Å². The van der Waals surface area contributed by atoms with E-state index in [1.165, 1.54) is 17.7 Å². The Bertz CT molecular complexity index is 566. The normalized spacial score (nSPS) is 12.1. The van der Waals surface area contributed by atoms with Crippen molar-refractivity contribution in [2.24, 2.45) is 5.92 Å². The standard InChI is InChI=1S/C18H20FNO/c1-14(21)17(11-15-5-3-2-4-6-15)13-20-12-16-7-9-18(19)10-8-16/h2-10,17,20H,11-13H2,1H3. The van der Waals surface area contributed by atoms with E-state index in [2.05, 4.69) is 5.32 Å². The fourth-order valence-electron chi connectivity index (χ4n) is 2.25. The molecule has 2 aromatic rings. The van der Waals surface area contributed by atoms with Crippen molar-refractivity contribution in [2.45, 2.75) is 19.9 Å². The molecule has 0 saturated carbocycles. The molecule has 21 heavy (non-hydrogen) atoms. The molecular formula is C18H20FNO. The van der Waals surface area contributed by atoms with Crippen LogP contribution in [0.25, 0.3) is 0 Å². The molecular weight excluding hydrogens is 265 g/mol. The fraction of sp³-hybridized carbons (Fsp3) is 0.278. The van der Waals surface area contributed by atoms with E-state index in [4.69, 9.17) is 0 Å². The minimum atomic E-state index is -0.232. The summed E-state index contributed by atoms with van der Waals surface area (Å²) in [5.41, 5.74) is 2.18. The molecule has 0 aliphatic carbocycles. The number of halogens is 1. The molecule has 0 bridgehead atoms. The Morgan fingerprint density at radius 3 is 2.33 bits per heavy atom. The molecule has 1 atom stereocenters. The second kappa shape index (κ2) is 7.70. The fourth-order valence-corrected chi connectivity index (χ4v) is 2.25. The first-order valence-electron chi connectivity index (χ1n) is 7.14. The van der Waals surface area contributed by atoms with Gasteiger partial charge in [0.15, 0.2) is 0 Å². The Hall–Kier alpha value is -2.00. The van der Waals surface area contributed by atoms with Crippen LogP contribution in [-0.2, 0) is 17.8 Å². The van der Waals surface area contributed by atoms with Gasteiger partial charge in [-0.05, 0) is 36.6 Å². The Kier molecular flexibility index (Phi) is 5.64. The Morgan fingerprint density at radius 1 is 1.05 bits per heavy atom. The molecule has 0 fully saturated rings. The van der Waals surface area contributed by atoms with Gasteiger partial charge >= 0.3 is 0 Å². The van der Waals surface area contributed by atoms with Crippen molar-refractivity contribution in [3.05, 3.63) is 71.5 Å². The van der Waals surface area contributed by atoms with Gasteiger partial charge in [0.05, 0.1) is 0 Å². The minimum Gasteiger partial charge on any atom is -0.312 e. The van der Waals surface area contributed by atoms with E-state index < -0.39 is 0 Å². The van der Waals surface area contributed by atoms with Crippen LogP contribution in [0.3, 0.4) is 0 Å². The molecule has 0 amide bonds. The number of benzene rings is 2. The molecule has 110 valence electrons. The molecule has 0 heterocycles. The van der Waals surface area contributed by atoms with Crippen LogP contribution in [0.1, 0.15) is 18.1 Å². The number of rotatable bonds is 7. The van der Waals surface area contributed by atoms with Gasteiger partial charge in [0, 0.05) is 19.0 Å². The molecule has 3 heteroatoms. The number of carbonyl (C=O) groups excluding carboxylic acids is 1. The van der Waals surface area contributed by atoms with Crippen LogP contribution < -0.4 is 5.32 Å². The first-order chi connectivity index (χ1) is 10.1. The number of hydrogen-bond acceptors (Lipinski definition) is 2. The van der Waals surface area contributed by atoms with Crippen molar-refractivity contribution < 1.29 is 9.18 Å². The zero-order valence-electron chi connectivity index (χ0n) is 12.2. The van der Waals surface area contributed by atoms with Gasteiger partial charge < -0.3 is 5.32 Å². The Balaban J connectivity index is 1.86. The van der Waals surface area contributed by atoms with E-state index in [0.717, 1.165) is 12.0 Å². The lowest BCUT2D eigenvalue weighted by atomic mass is 9.96. The van der Waals surface area contributed by atoms with Crippen LogP contribution in [0.15, 0.2) is 54.6 Å². The number of nitrogens with one attached hydrogen (secondary N) is 1. The van der Waals surface area contributed by atoms with Crippen molar-refractivity contribution in [3.8, 4) is 0 Å². The lowest BCUT2D eigenvalue weighted by Crippen LogP contribution is -2.28. The van der Waals surface area contributed by atoms with E-state index in [0.29, 0.717) is 13.1 Å². The summed E-state index contributed by atoms with van der Waals surface area (Å²) in [5.74, 6) is -0.0808. The molecule has 0 aliphatic rings. The van der Waals surface area contributed by atoms with Crippen molar-refractivity contribution in [3.63, 3.8) is 0 Å². The van der Waals surface area contributed by atoms with Gasteiger partial charge in [0.1, 0.15) is 11.6 Å². The maximum Gasteiger partial charge on any atom is 0.134 e. The summed E-state index contributed by atoms with van der Waals surface area (Å²) in [5, 5.41) is 3.28. The van der Waals surface area contributed by atoms with Crippen LogP contribution in [0, 0.1) is 11.7 Å². The number of ketones is 1. The number of carbonyl (C=O) groups is 1. The molecule has 0 saturated heterocycles. The molecule has 2 aromatic carbocycles. The smallest absolute Gasteiger partial charge is 0.134 e. The van der Waals surface area contributed by atoms with E-state index in [-0.39, 0.29) is 17.5 Å². The van der Waals surface area contributed by atoms with Gasteiger partial charge in [-0.3, -0.25) is 4.79 Å². The summed E-state index contributed by atoms with van der Waals surface area (Å²) in [4.78, 5) is 11.7. The van der Waals surface area contributed by atoms with Crippen LogP contribution in [0.5, 0.6) is 0 Å². The van der Waals surface area contributed by atoms with Crippen molar-refractivity contribution in [2.75, 3.05) is 6.54 Å². The SMILES string of the molecule is CC(=O)C(CNCc1ccc(F)cc1)Cc1ccccc1. The maximum atomic E-state index is 12.8. The molecule has 1 unspecified atom stereocenters. The van der Waals surface area contributed by atoms with Crippen LogP contribution in [0.4, 0.5) is 4.39 Å². The minimum absolute atomic E-state index is 0.0344. The highest BCUT2D eigenvalue weighted by molar-refractivity contribution is 5.78. The van der Waals surface area contributed by atoms with E-state index in [9.17, 15) is 9.18 Å². The molecule has 0 radical (unpaired) electrons. The highest BCUT2D eigenvalue weighted by atomic mass is 19.1. The summed E-state index contributed by atoms with van der Waals surface area (Å²) in [6, 6.07) is 16.4. The van der Waals surface area contributed by atoms with Gasteiger partial charge in [-0.1, -0.05) is 42.5 Å². The van der Waals surface area contributed by atoms with Gasteiger partial charge in [0.2, 0.25) is 0 Å². The molecule has 1 N–H and O–H groups in total. The molecule has 0 aliphatic heterocycles. The molecule has 0 spiro atoms. The third kappa shape index (κ3) is 5.12. The predicted molar refractivity (Wildman–Crippen MR) is 82.4 cm³/mol. The Morgan fingerprint density at radius 2 is 1.71 bits per heavy atom. The van der Waals surface area contributed by atoms with Crippen LogP contribution in [0.2, 0.25) is 0 Å². The Labute approximate surface area is 125 Å². The first kappa shape index (κ1) is 15.4. The summed E-state index contributed by atoms with van der Waals surface area (Å²) in [6.45, 7) is 2.90. The summed E-state index contributed by atoms with van der Waals surface area (Å²) in [7, 11) is 0.